The van der Waals surface area contributed by atoms with Crippen LogP contribution in [0.25, 0.3) is 0 Å². The Labute approximate surface area is 151 Å². The van der Waals surface area contributed by atoms with Crippen LogP contribution in [0.15, 0.2) is 36.7 Å². The number of hydrogen-bond acceptors (Lipinski definition) is 5. The molecule has 1 aliphatic rings. The van der Waals surface area contributed by atoms with E-state index in [2.05, 4.69) is 9.97 Å². The van der Waals surface area contributed by atoms with Gasteiger partial charge in [0.1, 0.15) is 11.2 Å². The van der Waals surface area contributed by atoms with Crippen LogP contribution < -0.4 is 0 Å². The first-order chi connectivity index (χ1) is 12.4. The van der Waals surface area contributed by atoms with E-state index in [0.717, 1.165) is 11.4 Å². The molecule has 2 heterocycles. The highest BCUT2D eigenvalue weighted by atomic mass is 19.1. The van der Waals surface area contributed by atoms with Crippen molar-refractivity contribution in [3.8, 4) is 0 Å². The minimum atomic E-state index is -1.38. The Morgan fingerprint density at radius 2 is 2.19 bits per heavy atom. The zero-order chi connectivity index (χ0) is 18.7. The SMILES string of the molecule is Cc1cnc(CN2CC[C@@H](O)[C@](Cc3cccc(F)c3)(C(=O)O)C2)cn1. The molecule has 26 heavy (non-hydrogen) atoms. The van der Waals surface area contributed by atoms with Crippen LogP contribution >= 0.6 is 0 Å². The summed E-state index contributed by atoms with van der Waals surface area (Å²) in [7, 11) is 0. The summed E-state index contributed by atoms with van der Waals surface area (Å²) >= 11 is 0. The van der Waals surface area contributed by atoms with E-state index in [1.807, 2.05) is 11.8 Å². The molecule has 0 amide bonds. The van der Waals surface area contributed by atoms with Gasteiger partial charge in [-0.15, -0.1) is 0 Å². The number of aryl methyl sites for hydroxylation is 1. The molecule has 2 atom stereocenters. The molecule has 2 aromatic rings. The van der Waals surface area contributed by atoms with Crippen LogP contribution in [0.5, 0.6) is 0 Å². The number of rotatable bonds is 5. The van der Waals surface area contributed by atoms with Gasteiger partial charge in [-0.3, -0.25) is 19.7 Å². The van der Waals surface area contributed by atoms with Crippen molar-refractivity contribution >= 4 is 5.97 Å². The molecule has 138 valence electrons. The second kappa shape index (κ2) is 7.47. The van der Waals surface area contributed by atoms with Gasteiger partial charge in [-0.1, -0.05) is 12.1 Å². The lowest BCUT2D eigenvalue weighted by Crippen LogP contribution is -2.56. The number of halogens is 1. The van der Waals surface area contributed by atoms with Gasteiger partial charge in [0.25, 0.3) is 0 Å². The quantitative estimate of drug-likeness (QED) is 0.847. The Hall–Kier alpha value is -2.38. The standard InChI is InChI=1S/C19H22FN3O3/c1-13-9-22-16(10-21-13)11-23-6-5-17(24)19(12-23,18(25)26)8-14-3-2-4-15(20)7-14/h2-4,7,9-10,17,24H,5-6,8,11-12H2,1H3,(H,25,26)/t17-,19-/m1/s1. The van der Waals surface area contributed by atoms with Gasteiger partial charge in [0.15, 0.2) is 0 Å². The number of aliphatic carboxylic acids is 1. The van der Waals surface area contributed by atoms with Gasteiger partial charge >= 0.3 is 5.97 Å². The fraction of sp³-hybridized carbons (Fsp3) is 0.421. The van der Waals surface area contributed by atoms with Crippen molar-refractivity contribution in [1.82, 2.24) is 14.9 Å². The Morgan fingerprint density at radius 1 is 1.38 bits per heavy atom. The third kappa shape index (κ3) is 3.89. The van der Waals surface area contributed by atoms with Crippen molar-refractivity contribution in [2.45, 2.75) is 32.4 Å². The number of benzene rings is 1. The Bertz CT molecular complexity index is 784. The van der Waals surface area contributed by atoms with E-state index in [9.17, 15) is 19.4 Å². The second-order valence-electron chi connectivity index (χ2n) is 6.93. The lowest BCUT2D eigenvalue weighted by atomic mass is 9.73. The number of piperidine rings is 1. The summed E-state index contributed by atoms with van der Waals surface area (Å²) in [4.78, 5) is 22.6. The maximum absolute atomic E-state index is 13.5. The largest absolute Gasteiger partial charge is 0.481 e. The molecule has 1 aliphatic heterocycles. The van der Waals surface area contributed by atoms with E-state index in [1.165, 1.54) is 12.1 Å². The van der Waals surface area contributed by atoms with Gasteiger partial charge in [-0.25, -0.2) is 4.39 Å². The van der Waals surface area contributed by atoms with E-state index in [0.29, 0.717) is 25.1 Å². The van der Waals surface area contributed by atoms with Gasteiger partial charge in [-0.2, -0.15) is 0 Å². The average molecular weight is 359 g/mol. The van der Waals surface area contributed by atoms with E-state index >= 15 is 0 Å². The first-order valence-electron chi connectivity index (χ1n) is 8.55. The molecule has 0 saturated carbocycles. The second-order valence-corrected chi connectivity index (χ2v) is 6.93. The molecule has 0 aliphatic carbocycles. The monoisotopic (exact) mass is 359 g/mol. The van der Waals surface area contributed by atoms with E-state index < -0.39 is 23.3 Å². The van der Waals surface area contributed by atoms with Crippen LogP contribution in [-0.2, 0) is 17.8 Å². The fourth-order valence-corrected chi connectivity index (χ4v) is 3.50. The average Bonchev–Trinajstić information content (AvgIpc) is 2.60. The van der Waals surface area contributed by atoms with Gasteiger partial charge in [0.05, 0.1) is 17.5 Å². The summed E-state index contributed by atoms with van der Waals surface area (Å²) in [6, 6.07) is 5.87. The molecule has 1 saturated heterocycles. The maximum atomic E-state index is 13.5. The fourth-order valence-electron chi connectivity index (χ4n) is 3.50. The number of likely N-dealkylation sites (tertiary alicyclic amines) is 1. The smallest absolute Gasteiger partial charge is 0.313 e. The third-order valence-electron chi connectivity index (χ3n) is 4.92. The Balaban J connectivity index is 1.82. The van der Waals surface area contributed by atoms with Crippen LogP contribution in [-0.4, -0.2) is 50.2 Å². The van der Waals surface area contributed by atoms with E-state index in [1.54, 1.807) is 24.5 Å². The number of aromatic nitrogens is 2. The molecule has 6 nitrogen and oxygen atoms in total. The summed E-state index contributed by atoms with van der Waals surface area (Å²) in [5.41, 5.74) is 0.735. The highest BCUT2D eigenvalue weighted by molar-refractivity contribution is 5.76. The van der Waals surface area contributed by atoms with Crippen molar-refractivity contribution in [2.75, 3.05) is 13.1 Å². The summed E-state index contributed by atoms with van der Waals surface area (Å²) in [6.45, 7) is 3.03. The minimum absolute atomic E-state index is 0.0668. The van der Waals surface area contributed by atoms with Gasteiger partial charge in [-0.05, 0) is 37.5 Å². The summed E-state index contributed by atoms with van der Waals surface area (Å²) in [5.74, 6) is -1.49. The number of aliphatic hydroxyl groups is 1. The van der Waals surface area contributed by atoms with Crippen molar-refractivity contribution in [3.63, 3.8) is 0 Å². The molecule has 7 heteroatoms. The maximum Gasteiger partial charge on any atom is 0.313 e. The van der Waals surface area contributed by atoms with Crippen LogP contribution in [0, 0.1) is 18.2 Å². The Kier molecular flexibility index (Phi) is 5.29. The molecule has 0 bridgehead atoms. The van der Waals surface area contributed by atoms with E-state index in [4.69, 9.17) is 0 Å². The zero-order valence-electron chi connectivity index (χ0n) is 14.6. The summed E-state index contributed by atoms with van der Waals surface area (Å²) < 4.78 is 13.5. The van der Waals surface area contributed by atoms with Gasteiger partial charge < -0.3 is 10.2 Å². The topological polar surface area (TPSA) is 86.5 Å². The predicted octanol–water partition coefficient (Wildman–Crippen LogP) is 1.80. The van der Waals surface area contributed by atoms with Crippen LogP contribution in [0.4, 0.5) is 4.39 Å². The van der Waals surface area contributed by atoms with Crippen molar-refractivity contribution in [3.05, 3.63) is 59.4 Å². The molecule has 2 N–H and O–H groups in total. The van der Waals surface area contributed by atoms with Crippen LogP contribution in [0.2, 0.25) is 0 Å². The molecule has 0 radical (unpaired) electrons. The number of nitrogens with zero attached hydrogens (tertiary/aromatic N) is 3. The van der Waals surface area contributed by atoms with Crippen LogP contribution in [0.1, 0.15) is 23.4 Å². The first-order valence-corrected chi connectivity index (χ1v) is 8.55. The number of carboxylic acids is 1. The molecular weight excluding hydrogens is 337 g/mol. The summed E-state index contributed by atoms with van der Waals surface area (Å²) in [5, 5.41) is 20.4. The van der Waals surface area contributed by atoms with Crippen molar-refractivity contribution < 1.29 is 19.4 Å². The normalized spacial score (nSPS) is 23.7. The van der Waals surface area contributed by atoms with Crippen molar-refractivity contribution in [1.29, 1.82) is 0 Å². The molecule has 1 fully saturated rings. The lowest BCUT2D eigenvalue weighted by Gasteiger charge is -2.43. The third-order valence-corrected chi connectivity index (χ3v) is 4.92. The first kappa shape index (κ1) is 18.4. The lowest BCUT2D eigenvalue weighted by molar-refractivity contribution is -0.163. The number of carboxylic acid groups (broad SMARTS) is 1. The highest BCUT2D eigenvalue weighted by Crippen LogP contribution is 2.35. The van der Waals surface area contributed by atoms with Crippen molar-refractivity contribution in [2.24, 2.45) is 5.41 Å². The van der Waals surface area contributed by atoms with Crippen LogP contribution in [0.3, 0.4) is 0 Å². The number of hydrogen-bond donors (Lipinski definition) is 2. The highest BCUT2D eigenvalue weighted by Gasteiger charge is 2.49. The molecule has 3 rings (SSSR count). The molecular formula is C19H22FN3O3. The number of carbonyl (C=O) groups is 1. The molecule has 1 aromatic carbocycles. The molecule has 0 unspecified atom stereocenters. The van der Waals surface area contributed by atoms with Gasteiger partial charge in [0.2, 0.25) is 0 Å². The van der Waals surface area contributed by atoms with E-state index in [-0.39, 0.29) is 13.0 Å². The Morgan fingerprint density at radius 3 is 2.85 bits per heavy atom. The van der Waals surface area contributed by atoms with Gasteiger partial charge in [0, 0.05) is 32.0 Å². The predicted molar refractivity (Wildman–Crippen MR) is 92.8 cm³/mol. The minimum Gasteiger partial charge on any atom is -0.481 e. The zero-order valence-corrected chi connectivity index (χ0v) is 14.6. The molecule has 1 aromatic heterocycles. The summed E-state index contributed by atoms with van der Waals surface area (Å²) in [6.07, 6.45) is 2.75. The molecule has 0 spiro atoms. The number of aliphatic hydroxyl groups excluding tert-OH is 1.